The Bertz CT molecular complexity index is 229. The molecule has 0 spiro atoms. The Balaban J connectivity index is 2.55. The molecule has 0 aliphatic rings. The lowest BCUT2D eigenvalue weighted by atomic mass is 9.94. The molecule has 4 N–H and O–H groups in total. The predicted molar refractivity (Wildman–Crippen MR) is 55.1 cm³/mol. The van der Waals surface area contributed by atoms with Crippen molar-refractivity contribution in [1.82, 2.24) is 20.8 Å². The van der Waals surface area contributed by atoms with Crippen LogP contribution in [0, 0.1) is 5.92 Å². The van der Waals surface area contributed by atoms with Crippen LogP contribution >= 0.6 is 0 Å². The molecule has 0 aliphatic heterocycles. The Hall–Kier alpha value is -0.940. The molecule has 0 bridgehead atoms. The van der Waals surface area contributed by atoms with E-state index in [4.69, 9.17) is 5.84 Å². The molecule has 0 radical (unpaired) electrons. The number of nitrogens with zero attached hydrogens (tertiary/aromatic N) is 2. The van der Waals surface area contributed by atoms with E-state index in [0.717, 1.165) is 12.1 Å². The molecule has 1 aromatic heterocycles. The monoisotopic (exact) mass is 197 g/mol. The summed E-state index contributed by atoms with van der Waals surface area (Å²) in [4.78, 5) is 0. The highest BCUT2D eigenvalue weighted by atomic mass is 15.3. The summed E-state index contributed by atoms with van der Waals surface area (Å²) in [6.07, 6.45) is 5.07. The predicted octanol–water partition coefficient (Wildman–Crippen LogP) is 1.14. The van der Waals surface area contributed by atoms with Gasteiger partial charge >= 0.3 is 0 Å². The summed E-state index contributed by atoms with van der Waals surface area (Å²) in [6, 6.07) is 0.110. The molecule has 0 saturated heterocycles. The molecule has 1 unspecified atom stereocenters. The van der Waals surface area contributed by atoms with E-state index in [1.807, 2.05) is 0 Å². The summed E-state index contributed by atoms with van der Waals surface area (Å²) >= 11 is 0. The van der Waals surface area contributed by atoms with Gasteiger partial charge in [0.1, 0.15) is 5.69 Å². The highest BCUT2D eigenvalue weighted by Gasteiger charge is 2.16. The molecule has 5 heteroatoms. The molecule has 0 fully saturated rings. The fourth-order valence-corrected chi connectivity index (χ4v) is 1.61. The average Bonchev–Trinajstić information content (AvgIpc) is 2.73. The van der Waals surface area contributed by atoms with E-state index in [2.05, 4.69) is 34.7 Å². The lowest BCUT2D eigenvalue weighted by Gasteiger charge is -2.18. The van der Waals surface area contributed by atoms with Crippen LogP contribution in [0.3, 0.4) is 0 Å². The summed E-state index contributed by atoms with van der Waals surface area (Å²) in [6.45, 7) is 4.40. The molecule has 5 nitrogen and oxygen atoms in total. The number of nitrogens with one attached hydrogen (secondary N) is 2. The third-order valence-corrected chi connectivity index (χ3v) is 2.72. The third kappa shape index (κ3) is 2.78. The van der Waals surface area contributed by atoms with Crippen molar-refractivity contribution in [2.24, 2.45) is 11.8 Å². The molecule has 0 aliphatic carbocycles. The summed E-state index contributed by atoms with van der Waals surface area (Å²) in [5.74, 6) is 6.18. The lowest BCUT2D eigenvalue weighted by Crippen LogP contribution is -2.29. The van der Waals surface area contributed by atoms with Crippen molar-refractivity contribution in [3.05, 3.63) is 11.9 Å². The number of aromatic amines is 1. The van der Waals surface area contributed by atoms with E-state index in [1.165, 1.54) is 12.8 Å². The molecule has 14 heavy (non-hydrogen) atoms. The van der Waals surface area contributed by atoms with Crippen LogP contribution in [0.25, 0.3) is 0 Å². The second kappa shape index (κ2) is 5.72. The van der Waals surface area contributed by atoms with E-state index < -0.39 is 0 Å². The fraction of sp³-hybridized carbons (Fsp3) is 0.778. The smallest absolute Gasteiger partial charge is 0.101 e. The SMILES string of the molecule is CCC(CC)CC(NN)c1cn[nH]n1. The molecular weight excluding hydrogens is 178 g/mol. The van der Waals surface area contributed by atoms with Gasteiger partial charge in [-0.05, 0) is 12.3 Å². The number of hydrazine groups is 1. The van der Waals surface area contributed by atoms with Crippen molar-refractivity contribution < 1.29 is 0 Å². The van der Waals surface area contributed by atoms with Gasteiger partial charge in [-0.25, -0.2) is 0 Å². The first-order valence-electron chi connectivity index (χ1n) is 5.13. The molecule has 1 rings (SSSR count). The van der Waals surface area contributed by atoms with Crippen LogP contribution in [0.5, 0.6) is 0 Å². The first-order valence-corrected chi connectivity index (χ1v) is 5.13. The normalized spacial score (nSPS) is 13.4. The van der Waals surface area contributed by atoms with Gasteiger partial charge in [-0.15, -0.1) is 0 Å². The van der Waals surface area contributed by atoms with Crippen LogP contribution < -0.4 is 11.3 Å². The van der Waals surface area contributed by atoms with Crippen molar-refractivity contribution in [3.8, 4) is 0 Å². The Morgan fingerprint density at radius 3 is 2.64 bits per heavy atom. The van der Waals surface area contributed by atoms with Gasteiger partial charge in [0.15, 0.2) is 0 Å². The van der Waals surface area contributed by atoms with Crippen molar-refractivity contribution in [2.45, 2.75) is 39.2 Å². The fourth-order valence-electron chi connectivity index (χ4n) is 1.61. The second-order valence-corrected chi connectivity index (χ2v) is 3.53. The molecule has 1 atom stereocenters. The molecule has 1 heterocycles. The topological polar surface area (TPSA) is 79.6 Å². The maximum Gasteiger partial charge on any atom is 0.101 e. The minimum absolute atomic E-state index is 0.110. The number of hydrogen-bond donors (Lipinski definition) is 3. The Kier molecular flexibility index (Phi) is 4.55. The number of nitrogens with two attached hydrogens (primary N) is 1. The van der Waals surface area contributed by atoms with Crippen LogP contribution in [0.2, 0.25) is 0 Å². The van der Waals surface area contributed by atoms with Gasteiger partial charge in [0, 0.05) is 0 Å². The van der Waals surface area contributed by atoms with Gasteiger partial charge in [0.25, 0.3) is 0 Å². The average molecular weight is 197 g/mol. The van der Waals surface area contributed by atoms with E-state index in [0.29, 0.717) is 5.92 Å². The number of H-pyrrole nitrogens is 1. The van der Waals surface area contributed by atoms with E-state index >= 15 is 0 Å². The Morgan fingerprint density at radius 2 is 2.21 bits per heavy atom. The molecule has 0 aromatic carbocycles. The van der Waals surface area contributed by atoms with Crippen LogP contribution in [0.1, 0.15) is 44.8 Å². The van der Waals surface area contributed by atoms with Gasteiger partial charge in [0.2, 0.25) is 0 Å². The van der Waals surface area contributed by atoms with Crippen molar-refractivity contribution >= 4 is 0 Å². The number of hydrogen-bond acceptors (Lipinski definition) is 4. The standard InChI is InChI=1S/C9H19N5/c1-3-7(4-2)5-8(12-10)9-6-11-14-13-9/h6-8,12H,3-5,10H2,1-2H3,(H,11,13,14). The minimum atomic E-state index is 0.110. The van der Waals surface area contributed by atoms with E-state index in [9.17, 15) is 0 Å². The third-order valence-electron chi connectivity index (χ3n) is 2.72. The first-order chi connectivity index (χ1) is 6.81. The minimum Gasteiger partial charge on any atom is -0.271 e. The van der Waals surface area contributed by atoms with Gasteiger partial charge in [-0.2, -0.15) is 15.4 Å². The van der Waals surface area contributed by atoms with Crippen LogP contribution in [0.15, 0.2) is 6.20 Å². The first kappa shape index (κ1) is 11.1. The zero-order chi connectivity index (χ0) is 10.4. The van der Waals surface area contributed by atoms with Crippen LogP contribution in [0.4, 0.5) is 0 Å². The summed E-state index contributed by atoms with van der Waals surface area (Å²) < 4.78 is 0. The highest BCUT2D eigenvalue weighted by Crippen LogP contribution is 2.22. The number of aromatic nitrogens is 3. The van der Waals surface area contributed by atoms with Crippen molar-refractivity contribution in [2.75, 3.05) is 0 Å². The maximum atomic E-state index is 5.49. The zero-order valence-electron chi connectivity index (χ0n) is 8.83. The molecule has 0 amide bonds. The number of rotatable bonds is 6. The largest absolute Gasteiger partial charge is 0.271 e. The van der Waals surface area contributed by atoms with Crippen molar-refractivity contribution in [3.63, 3.8) is 0 Å². The molecule has 80 valence electrons. The lowest BCUT2D eigenvalue weighted by molar-refractivity contribution is 0.370. The molecular formula is C9H19N5. The Morgan fingerprint density at radius 1 is 1.50 bits per heavy atom. The van der Waals surface area contributed by atoms with E-state index in [1.54, 1.807) is 6.20 Å². The Labute approximate surface area is 84.4 Å². The van der Waals surface area contributed by atoms with Gasteiger partial charge < -0.3 is 0 Å². The van der Waals surface area contributed by atoms with Gasteiger partial charge in [0.05, 0.1) is 12.2 Å². The van der Waals surface area contributed by atoms with E-state index in [-0.39, 0.29) is 6.04 Å². The quantitative estimate of drug-likeness (QED) is 0.472. The molecule has 1 aromatic rings. The summed E-state index contributed by atoms with van der Waals surface area (Å²) in [5, 5.41) is 10.4. The maximum absolute atomic E-state index is 5.49. The second-order valence-electron chi connectivity index (χ2n) is 3.53. The summed E-state index contributed by atoms with van der Waals surface area (Å²) in [5.41, 5.74) is 3.67. The molecule has 0 saturated carbocycles. The highest BCUT2D eigenvalue weighted by molar-refractivity contribution is 4.99. The van der Waals surface area contributed by atoms with Crippen LogP contribution in [-0.4, -0.2) is 15.4 Å². The van der Waals surface area contributed by atoms with Gasteiger partial charge in [-0.1, -0.05) is 26.7 Å². The van der Waals surface area contributed by atoms with Crippen molar-refractivity contribution in [1.29, 1.82) is 0 Å². The van der Waals surface area contributed by atoms with Gasteiger partial charge in [-0.3, -0.25) is 11.3 Å². The van der Waals surface area contributed by atoms with Crippen LogP contribution in [-0.2, 0) is 0 Å². The summed E-state index contributed by atoms with van der Waals surface area (Å²) in [7, 11) is 0. The zero-order valence-corrected chi connectivity index (χ0v) is 8.83.